The van der Waals surface area contributed by atoms with Gasteiger partial charge in [0.15, 0.2) is 11.5 Å². The van der Waals surface area contributed by atoms with Gasteiger partial charge in [-0.05, 0) is 61.0 Å². The number of benzene rings is 2. The Morgan fingerprint density at radius 2 is 1.76 bits per heavy atom. The lowest BCUT2D eigenvalue weighted by molar-refractivity contribution is -0.123. The molecule has 1 aliphatic rings. The highest BCUT2D eigenvalue weighted by atomic mass is 35.5. The van der Waals surface area contributed by atoms with Crippen LogP contribution < -0.4 is 9.47 Å². The molecule has 2 amide bonds. The number of ether oxygens (including phenoxy) is 2. The van der Waals surface area contributed by atoms with Gasteiger partial charge >= 0.3 is 0 Å². The minimum Gasteiger partial charge on any atom is -0.490 e. The second-order valence-electron chi connectivity index (χ2n) is 6.06. The molecule has 1 saturated heterocycles. The number of rotatable bonds is 7. The maximum absolute atomic E-state index is 12.8. The quantitative estimate of drug-likeness (QED) is 0.481. The minimum atomic E-state index is -0.372. The van der Waals surface area contributed by atoms with Crippen molar-refractivity contribution >= 4 is 52.2 Å². The lowest BCUT2D eigenvalue weighted by Gasteiger charge is -2.14. The van der Waals surface area contributed by atoms with Gasteiger partial charge in [-0.25, -0.2) is 0 Å². The van der Waals surface area contributed by atoms with Crippen molar-refractivity contribution in [2.24, 2.45) is 0 Å². The van der Waals surface area contributed by atoms with Crippen LogP contribution >= 0.6 is 35.0 Å². The highest BCUT2D eigenvalue weighted by molar-refractivity contribution is 8.18. The molecular weight excluding hydrogens is 433 g/mol. The van der Waals surface area contributed by atoms with E-state index in [2.05, 4.69) is 0 Å². The van der Waals surface area contributed by atoms with Crippen molar-refractivity contribution in [2.45, 2.75) is 20.4 Å². The Morgan fingerprint density at radius 3 is 2.45 bits per heavy atom. The van der Waals surface area contributed by atoms with Gasteiger partial charge < -0.3 is 9.47 Å². The fourth-order valence-corrected chi connectivity index (χ4v) is 4.11. The van der Waals surface area contributed by atoms with Crippen LogP contribution in [0.3, 0.4) is 0 Å². The van der Waals surface area contributed by atoms with Crippen LogP contribution in [0.4, 0.5) is 4.79 Å². The molecule has 1 heterocycles. The van der Waals surface area contributed by atoms with Crippen molar-refractivity contribution in [2.75, 3.05) is 13.2 Å². The second kappa shape index (κ2) is 9.57. The third kappa shape index (κ3) is 4.89. The summed E-state index contributed by atoms with van der Waals surface area (Å²) in [6.07, 6.45) is 1.63. The topological polar surface area (TPSA) is 55.8 Å². The summed E-state index contributed by atoms with van der Waals surface area (Å²) in [5.41, 5.74) is 1.35. The van der Waals surface area contributed by atoms with Gasteiger partial charge in [0.05, 0.1) is 29.7 Å². The Morgan fingerprint density at radius 1 is 1.03 bits per heavy atom. The standard InChI is InChI=1S/C21H19Cl2NO4S/c1-3-27-17-10-13(9-16(23)19(17)28-4-2)11-18-20(25)24(21(26)29-18)12-14-7-5-6-8-15(14)22/h5-11H,3-4,12H2,1-2H3/b18-11+. The molecule has 0 unspecified atom stereocenters. The van der Waals surface area contributed by atoms with E-state index < -0.39 is 0 Å². The Balaban J connectivity index is 1.88. The van der Waals surface area contributed by atoms with Gasteiger partial charge in [-0.15, -0.1) is 0 Å². The molecule has 1 aliphatic heterocycles. The summed E-state index contributed by atoms with van der Waals surface area (Å²) in [5, 5.41) is 0.540. The third-order valence-corrected chi connectivity index (χ3v) is 5.63. The minimum absolute atomic E-state index is 0.121. The van der Waals surface area contributed by atoms with E-state index in [1.807, 2.05) is 19.9 Å². The maximum atomic E-state index is 12.8. The Hall–Kier alpha value is -2.15. The second-order valence-corrected chi connectivity index (χ2v) is 7.86. The van der Waals surface area contributed by atoms with E-state index in [0.29, 0.717) is 50.8 Å². The summed E-state index contributed by atoms with van der Waals surface area (Å²) in [6, 6.07) is 10.5. The summed E-state index contributed by atoms with van der Waals surface area (Å²) < 4.78 is 11.2. The highest BCUT2D eigenvalue weighted by Crippen LogP contribution is 2.39. The molecule has 29 heavy (non-hydrogen) atoms. The predicted octanol–water partition coefficient (Wildman–Crippen LogP) is 6.03. The average Bonchev–Trinajstić information content (AvgIpc) is 2.94. The van der Waals surface area contributed by atoms with Gasteiger partial charge in [0.1, 0.15) is 0 Å². The van der Waals surface area contributed by atoms with Gasteiger partial charge in [0, 0.05) is 5.02 Å². The number of hydrogen-bond acceptors (Lipinski definition) is 5. The van der Waals surface area contributed by atoms with Crippen molar-refractivity contribution in [3.8, 4) is 11.5 Å². The molecule has 8 heteroatoms. The number of carbonyl (C=O) groups is 2. The molecule has 152 valence electrons. The SMILES string of the molecule is CCOc1cc(/C=C2/SC(=O)N(Cc3ccccc3Cl)C2=O)cc(Cl)c1OCC. The molecule has 0 N–H and O–H groups in total. The first-order valence-corrected chi connectivity index (χ1v) is 10.6. The van der Waals surface area contributed by atoms with Crippen LogP contribution in [-0.2, 0) is 11.3 Å². The Kier molecular flexibility index (Phi) is 7.11. The third-order valence-electron chi connectivity index (χ3n) is 4.08. The number of halogens is 2. The van der Waals surface area contributed by atoms with Crippen molar-refractivity contribution in [3.05, 3.63) is 62.5 Å². The van der Waals surface area contributed by atoms with Crippen LogP contribution in [0, 0.1) is 0 Å². The average molecular weight is 452 g/mol. The number of carbonyl (C=O) groups excluding carboxylic acids is 2. The summed E-state index contributed by atoms with van der Waals surface area (Å²) in [6.45, 7) is 4.72. The molecule has 1 fully saturated rings. The van der Waals surface area contributed by atoms with E-state index in [1.54, 1.807) is 36.4 Å². The van der Waals surface area contributed by atoms with E-state index in [-0.39, 0.29) is 17.7 Å². The van der Waals surface area contributed by atoms with Crippen LogP contribution in [0.1, 0.15) is 25.0 Å². The molecular formula is C21H19Cl2NO4S. The van der Waals surface area contributed by atoms with E-state index in [0.717, 1.165) is 11.8 Å². The Bertz CT molecular complexity index is 977. The maximum Gasteiger partial charge on any atom is 0.293 e. The molecule has 3 rings (SSSR count). The zero-order valence-electron chi connectivity index (χ0n) is 15.9. The van der Waals surface area contributed by atoms with E-state index >= 15 is 0 Å². The van der Waals surface area contributed by atoms with Crippen molar-refractivity contribution in [3.63, 3.8) is 0 Å². The first kappa shape index (κ1) is 21.6. The molecule has 2 aromatic rings. The molecule has 0 bridgehead atoms. The van der Waals surface area contributed by atoms with Crippen LogP contribution in [0.25, 0.3) is 6.08 Å². The number of hydrogen-bond donors (Lipinski definition) is 0. The lowest BCUT2D eigenvalue weighted by atomic mass is 10.1. The van der Waals surface area contributed by atoms with Crippen molar-refractivity contribution < 1.29 is 19.1 Å². The van der Waals surface area contributed by atoms with Gasteiger partial charge in [0.25, 0.3) is 11.1 Å². The fourth-order valence-electron chi connectivity index (χ4n) is 2.80. The van der Waals surface area contributed by atoms with Crippen LogP contribution in [0.15, 0.2) is 41.3 Å². The van der Waals surface area contributed by atoms with E-state index in [1.165, 1.54) is 4.90 Å². The van der Waals surface area contributed by atoms with Crippen LogP contribution in [0.2, 0.25) is 10.0 Å². The van der Waals surface area contributed by atoms with E-state index in [9.17, 15) is 9.59 Å². The first-order valence-electron chi connectivity index (χ1n) is 9.02. The van der Waals surface area contributed by atoms with Gasteiger partial charge in [-0.1, -0.05) is 41.4 Å². The fraction of sp³-hybridized carbons (Fsp3) is 0.238. The van der Waals surface area contributed by atoms with Crippen molar-refractivity contribution in [1.29, 1.82) is 0 Å². The zero-order valence-corrected chi connectivity index (χ0v) is 18.2. The molecule has 0 spiro atoms. The van der Waals surface area contributed by atoms with Gasteiger partial charge in [0.2, 0.25) is 0 Å². The molecule has 0 aromatic heterocycles. The van der Waals surface area contributed by atoms with Crippen LogP contribution in [-0.4, -0.2) is 29.3 Å². The number of nitrogens with zero attached hydrogens (tertiary/aromatic N) is 1. The molecule has 0 atom stereocenters. The normalized spacial score (nSPS) is 15.3. The molecule has 2 aromatic carbocycles. The highest BCUT2D eigenvalue weighted by Gasteiger charge is 2.35. The van der Waals surface area contributed by atoms with Crippen molar-refractivity contribution in [1.82, 2.24) is 4.90 Å². The largest absolute Gasteiger partial charge is 0.490 e. The summed E-state index contributed by atoms with van der Waals surface area (Å²) in [7, 11) is 0. The molecule has 5 nitrogen and oxygen atoms in total. The first-order chi connectivity index (χ1) is 13.9. The smallest absolute Gasteiger partial charge is 0.293 e. The summed E-state index contributed by atoms with van der Waals surface area (Å²) >= 11 is 13.4. The van der Waals surface area contributed by atoms with Gasteiger partial charge in [-0.3, -0.25) is 14.5 Å². The predicted molar refractivity (Wildman–Crippen MR) is 117 cm³/mol. The molecule has 0 aliphatic carbocycles. The van der Waals surface area contributed by atoms with Crippen LogP contribution in [0.5, 0.6) is 11.5 Å². The van der Waals surface area contributed by atoms with E-state index in [4.69, 9.17) is 32.7 Å². The molecule has 0 saturated carbocycles. The Labute approximate surface area is 183 Å². The number of imide groups is 1. The van der Waals surface area contributed by atoms with Gasteiger partial charge in [-0.2, -0.15) is 0 Å². The summed E-state index contributed by atoms with van der Waals surface area (Å²) in [4.78, 5) is 26.7. The molecule has 0 radical (unpaired) electrons. The number of thioether (sulfide) groups is 1. The number of amides is 2. The summed E-state index contributed by atoms with van der Waals surface area (Å²) in [5.74, 6) is 0.575. The lowest BCUT2D eigenvalue weighted by Crippen LogP contribution is -2.27. The monoisotopic (exact) mass is 451 g/mol. The zero-order chi connectivity index (χ0) is 21.0.